The average Bonchev–Trinajstić information content (AvgIpc) is 2.85. The molecule has 0 aliphatic carbocycles. The van der Waals surface area contributed by atoms with Gasteiger partial charge in [0.1, 0.15) is 12.0 Å². The summed E-state index contributed by atoms with van der Waals surface area (Å²) in [4.78, 5) is 27.9. The number of nitrogens with two attached hydrogens (primary N) is 1. The smallest absolute Gasteiger partial charge is 0.287 e. The predicted octanol–water partition coefficient (Wildman–Crippen LogP) is 0.740. The second-order valence-corrected chi connectivity index (χ2v) is 5.76. The highest BCUT2D eigenvalue weighted by molar-refractivity contribution is 5.85. The predicted molar refractivity (Wildman–Crippen MR) is 77.8 cm³/mol. The molecule has 0 bridgehead atoms. The summed E-state index contributed by atoms with van der Waals surface area (Å²) < 4.78 is 0. The minimum Gasteiger partial charge on any atom is -0.365 e. The van der Waals surface area contributed by atoms with Gasteiger partial charge in [-0.3, -0.25) is 14.9 Å². The number of hydrogen-bond acceptors (Lipinski definition) is 6. The van der Waals surface area contributed by atoms with Crippen molar-refractivity contribution in [2.45, 2.75) is 31.8 Å². The number of nitrogens with zero attached hydrogens (tertiary/aromatic N) is 3. The summed E-state index contributed by atoms with van der Waals surface area (Å²) >= 11 is 0. The fourth-order valence-electron chi connectivity index (χ4n) is 2.26. The molecule has 1 atom stereocenters. The SMILES string of the molecule is CC(C)(N)C(=O)N1CCC(Nc2ccc([N+](=O)[O-])cn2)C1. The molecule has 0 aromatic carbocycles. The quantitative estimate of drug-likeness (QED) is 0.625. The lowest BCUT2D eigenvalue weighted by Crippen LogP contribution is -2.50. The van der Waals surface area contributed by atoms with Gasteiger partial charge in [0.05, 0.1) is 10.5 Å². The van der Waals surface area contributed by atoms with Crippen LogP contribution in [0.5, 0.6) is 0 Å². The third-order valence-corrected chi connectivity index (χ3v) is 3.34. The molecule has 2 heterocycles. The van der Waals surface area contributed by atoms with Crippen LogP contribution in [0, 0.1) is 10.1 Å². The van der Waals surface area contributed by atoms with Crippen LogP contribution in [0.15, 0.2) is 18.3 Å². The molecule has 21 heavy (non-hydrogen) atoms. The van der Waals surface area contributed by atoms with Gasteiger partial charge in [-0.1, -0.05) is 0 Å². The largest absolute Gasteiger partial charge is 0.365 e. The minimum atomic E-state index is -0.875. The van der Waals surface area contributed by atoms with E-state index in [-0.39, 0.29) is 17.6 Å². The fourth-order valence-corrected chi connectivity index (χ4v) is 2.26. The number of aromatic nitrogens is 1. The van der Waals surface area contributed by atoms with Crippen LogP contribution in [0.2, 0.25) is 0 Å². The van der Waals surface area contributed by atoms with Crippen molar-refractivity contribution < 1.29 is 9.72 Å². The highest BCUT2D eigenvalue weighted by Gasteiger charge is 2.33. The first kappa shape index (κ1) is 15.2. The van der Waals surface area contributed by atoms with E-state index in [0.29, 0.717) is 18.9 Å². The molecular formula is C13H19N5O3. The van der Waals surface area contributed by atoms with Gasteiger partial charge < -0.3 is 16.0 Å². The van der Waals surface area contributed by atoms with Gasteiger partial charge in [0.25, 0.3) is 5.69 Å². The molecule has 1 aromatic rings. The summed E-state index contributed by atoms with van der Waals surface area (Å²) in [5.41, 5.74) is 4.89. The van der Waals surface area contributed by atoms with Crippen molar-refractivity contribution in [3.05, 3.63) is 28.4 Å². The highest BCUT2D eigenvalue weighted by atomic mass is 16.6. The third-order valence-electron chi connectivity index (χ3n) is 3.34. The molecule has 8 heteroatoms. The van der Waals surface area contributed by atoms with Crippen molar-refractivity contribution in [1.82, 2.24) is 9.88 Å². The lowest BCUT2D eigenvalue weighted by molar-refractivity contribution is -0.385. The van der Waals surface area contributed by atoms with E-state index in [4.69, 9.17) is 5.73 Å². The summed E-state index contributed by atoms with van der Waals surface area (Å²) in [5.74, 6) is 0.482. The van der Waals surface area contributed by atoms with Gasteiger partial charge in [0, 0.05) is 25.2 Å². The number of pyridine rings is 1. The lowest BCUT2D eigenvalue weighted by atomic mass is 10.1. The number of carbonyl (C=O) groups is 1. The fraction of sp³-hybridized carbons (Fsp3) is 0.538. The van der Waals surface area contributed by atoms with Crippen LogP contribution in [0.3, 0.4) is 0 Å². The minimum absolute atomic E-state index is 0.0475. The number of anilines is 1. The number of hydrogen-bond donors (Lipinski definition) is 2. The van der Waals surface area contributed by atoms with E-state index in [1.54, 1.807) is 24.8 Å². The van der Waals surface area contributed by atoms with E-state index in [9.17, 15) is 14.9 Å². The molecule has 0 radical (unpaired) electrons. The zero-order valence-corrected chi connectivity index (χ0v) is 12.1. The van der Waals surface area contributed by atoms with Crippen molar-refractivity contribution in [1.29, 1.82) is 0 Å². The van der Waals surface area contributed by atoms with Crippen LogP contribution in [0.25, 0.3) is 0 Å². The Kier molecular flexibility index (Phi) is 4.08. The second kappa shape index (κ2) is 5.65. The molecule has 8 nitrogen and oxygen atoms in total. The Morgan fingerprint density at radius 3 is 2.81 bits per heavy atom. The summed E-state index contributed by atoms with van der Waals surface area (Å²) in [5, 5.41) is 13.7. The summed E-state index contributed by atoms with van der Waals surface area (Å²) in [6.45, 7) is 4.57. The zero-order chi connectivity index (χ0) is 15.6. The van der Waals surface area contributed by atoms with E-state index in [2.05, 4.69) is 10.3 Å². The van der Waals surface area contributed by atoms with Crippen LogP contribution in [-0.2, 0) is 4.79 Å². The summed E-state index contributed by atoms with van der Waals surface area (Å²) in [6.07, 6.45) is 2.00. The Labute approximate surface area is 122 Å². The summed E-state index contributed by atoms with van der Waals surface area (Å²) in [7, 11) is 0. The second-order valence-electron chi connectivity index (χ2n) is 5.76. The molecule has 1 aliphatic rings. The van der Waals surface area contributed by atoms with Crippen molar-refractivity contribution in [3.8, 4) is 0 Å². The molecule has 1 aliphatic heterocycles. The molecular weight excluding hydrogens is 274 g/mol. The first-order chi connectivity index (χ1) is 9.77. The molecule has 0 saturated carbocycles. The van der Waals surface area contributed by atoms with E-state index in [1.807, 2.05) is 0 Å². The lowest BCUT2D eigenvalue weighted by Gasteiger charge is -2.25. The Balaban J connectivity index is 1.93. The van der Waals surface area contributed by atoms with Gasteiger partial charge in [0.15, 0.2) is 0 Å². The zero-order valence-electron chi connectivity index (χ0n) is 12.1. The Bertz CT molecular complexity index is 538. The van der Waals surface area contributed by atoms with Crippen LogP contribution in [0.1, 0.15) is 20.3 Å². The topological polar surface area (TPSA) is 114 Å². The first-order valence-electron chi connectivity index (χ1n) is 6.72. The van der Waals surface area contributed by atoms with Crippen LogP contribution in [0.4, 0.5) is 11.5 Å². The van der Waals surface area contributed by atoms with Crippen molar-refractivity contribution in [2.24, 2.45) is 5.73 Å². The number of nitrogens with one attached hydrogen (secondary N) is 1. The molecule has 3 N–H and O–H groups in total. The monoisotopic (exact) mass is 293 g/mol. The molecule has 1 aromatic heterocycles. The van der Waals surface area contributed by atoms with Crippen LogP contribution >= 0.6 is 0 Å². The molecule has 2 rings (SSSR count). The number of amides is 1. The maximum Gasteiger partial charge on any atom is 0.287 e. The van der Waals surface area contributed by atoms with Gasteiger partial charge in [-0.25, -0.2) is 4.98 Å². The van der Waals surface area contributed by atoms with E-state index in [0.717, 1.165) is 6.42 Å². The van der Waals surface area contributed by atoms with Crippen molar-refractivity contribution in [3.63, 3.8) is 0 Å². The molecule has 1 amide bonds. The molecule has 1 fully saturated rings. The van der Waals surface area contributed by atoms with Gasteiger partial charge in [-0.05, 0) is 26.3 Å². The van der Waals surface area contributed by atoms with Gasteiger partial charge in [-0.2, -0.15) is 0 Å². The summed E-state index contributed by atoms with van der Waals surface area (Å²) in [6, 6.07) is 3.04. The number of nitro groups is 1. The average molecular weight is 293 g/mol. The standard InChI is InChI=1S/C13H19N5O3/c1-13(2,14)12(19)17-6-5-9(8-17)16-11-4-3-10(7-15-11)18(20)21/h3-4,7,9H,5-6,8,14H2,1-2H3,(H,15,16). The third kappa shape index (κ3) is 3.66. The Hall–Kier alpha value is -2.22. The molecule has 114 valence electrons. The van der Waals surface area contributed by atoms with Crippen molar-refractivity contribution in [2.75, 3.05) is 18.4 Å². The first-order valence-corrected chi connectivity index (χ1v) is 6.72. The molecule has 0 spiro atoms. The van der Waals surface area contributed by atoms with Crippen LogP contribution < -0.4 is 11.1 Å². The maximum atomic E-state index is 12.1. The number of carbonyl (C=O) groups excluding carboxylic acids is 1. The van der Waals surface area contributed by atoms with Gasteiger partial charge in [-0.15, -0.1) is 0 Å². The van der Waals surface area contributed by atoms with Crippen LogP contribution in [-0.4, -0.2) is 45.4 Å². The van der Waals surface area contributed by atoms with E-state index >= 15 is 0 Å². The maximum absolute atomic E-state index is 12.1. The van der Waals surface area contributed by atoms with Gasteiger partial charge in [0.2, 0.25) is 5.91 Å². The molecule has 1 unspecified atom stereocenters. The molecule has 1 saturated heterocycles. The number of likely N-dealkylation sites (tertiary alicyclic amines) is 1. The Morgan fingerprint density at radius 1 is 1.57 bits per heavy atom. The van der Waals surface area contributed by atoms with E-state index < -0.39 is 10.5 Å². The van der Waals surface area contributed by atoms with Crippen molar-refractivity contribution >= 4 is 17.4 Å². The highest BCUT2D eigenvalue weighted by Crippen LogP contribution is 2.18. The normalized spacial score (nSPS) is 18.6. The Morgan fingerprint density at radius 2 is 2.29 bits per heavy atom. The van der Waals surface area contributed by atoms with E-state index in [1.165, 1.54) is 12.3 Å². The number of rotatable bonds is 4. The van der Waals surface area contributed by atoms with Gasteiger partial charge >= 0.3 is 0 Å².